The second-order valence-electron chi connectivity index (χ2n) is 8.15. The highest BCUT2D eigenvalue weighted by Gasteiger charge is 2.28. The Kier molecular flexibility index (Phi) is 6.24. The van der Waals surface area contributed by atoms with Gasteiger partial charge in [-0.2, -0.15) is 0 Å². The van der Waals surface area contributed by atoms with Crippen molar-refractivity contribution in [2.24, 2.45) is 5.92 Å². The van der Waals surface area contributed by atoms with E-state index in [1.54, 1.807) is 29.2 Å². The van der Waals surface area contributed by atoms with Crippen molar-refractivity contribution in [1.29, 1.82) is 0 Å². The molecular formula is C23H24ClN5O4. The quantitative estimate of drug-likeness (QED) is 0.570. The van der Waals surface area contributed by atoms with Gasteiger partial charge in [-0.15, -0.1) is 0 Å². The first-order valence-corrected chi connectivity index (χ1v) is 10.8. The third kappa shape index (κ3) is 4.49. The van der Waals surface area contributed by atoms with Crippen LogP contribution in [-0.4, -0.2) is 46.5 Å². The van der Waals surface area contributed by atoms with Gasteiger partial charge >= 0.3 is 0 Å². The van der Waals surface area contributed by atoms with Crippen molar-refractivity contribution < 1.29 is 14.3 Å². The fourth-order valence-electron chi connectivity index (χ4n) is 3.86. The molecular weight excluding hydrogens is 446 g/mol. The second kappa shape index (κ2) is 9.11. The van der Waals surface area contributed by atoms with Crippen LogP contribution in [0.25, 0.3) is 11.0 Å². The lowest BCUT2D eigenvalue weighted by atomic mass is 10.0. The number of likely N-dealkylation sites (tertiary alicyclic amines) is 1. The van der Waals surface area contributed by atoms with E-state index in [-0.39, 0.29) is 41.6 Å². The number of fused-ring (bicyclic) bond motifs is 1. The van der Waals surface area contributed by atoms with Gasteiger partial charge in [0.25, 0.3) is 11.5 Å². The SMILES string of the molecule is COc1c(N)cnc2c1cc(C(=O)NCc1ccc(Cl)cc1)c(=O)n2CC(=O)N1CC(C)C1. The zero-order valence-corrected chi connectivity index (χ0v) is 19.1. The van der Waals surface area contributed by atoms with Crippen molar-refractivity contribution in [3.8, 4) is 5.75 Å². The second-order valence-corrected chi connectivity index (χ2v) is 8.58. The molecule has 0 spiro atoms. The Labute approximate surface area is 195 Å². The number of rotatable bonds is 6. The van der Waals surface area contributed by atoms with Crippen LogP contribution in [0.2, 0.25) is 5.02 Å². The Balaban J connectivity index is 1.72. The van der Waals surface area contributed by atoms with Crippen LogP contribution in [0.1, 0.15) is 22.8 Å². The first-order valence-electron chi connectivity index (χ1n) is 10.4. The molecule has 2 aromatic heterocycles. The van der Waals surface area contributed by atoms with Crippen LogP contribution in [0.15, 0.2) is 41.3 Å². The summed E-state index contributed by atoms with van der Waals surface area (Å²) >= 11 is 5.90. The number of hydrogen-bond acceptors (Lipinski definition) is 6. The first-order chi connectivity index (χ1) is 15.8. The highest BCUT2D eigenvalue weighted by Crippen LogP contribution is 2.30. The summed E-state index contributed by atoms with van der Waals surface area (Å²) in [7, 11) is 1.44. The molecule has 1 aromatic carbocycles. The van der Waals surface area contributed by atoms with Crippen molar-refractivity contribution in [3.05, 3.63) is 63.0 Å². The Morgan fingerprint density at radius 2 is 1.97 bits per heavy atom. The molecule has 4 rings (SSSR count). The number of carbonyl (C=O) groups is 2. The molecule has 33 heavy (non-hydrogen) atoms. The number of carbonyl (C=O) groups excluding carboxylic acids is 2. The molecule has 1 aliphatic rings. The zero-order valence-electron chi connectivity index (χ0n) is 18.3. The highest BCUT2D eigenvalue weighted by atomic mass is 35.5. The minimum Gasteiger partial charge on any atom is -0.494 e. The maximum absolute atomic E-state index is 13.3. The lowest BCUT2D eigenvalue weighted by Gasteiger charge is -2.37. The van der Waals surface area contributed by atoms with Crippen LogP contribution < -0.4 is 21.3 Å². The van der Waals surface area contributed by atoms with E-state index in [4.69, 9.17) is 22.1 Å². The predicted molar refractivity (Wildman–Crippen MR) is 125 cm³/mol. The monoisotopic (exact) mass is 469 g/mol. The van der Waals surface area contributed by atoms with E-state index >= 15 is 0 Å². The number of ether oxygens (including phenoxy) is 1. The topological polar surface area (TPSA) is 120 Å². The highest BCUT2D eigenvalue weighted by molar-refractivity contribution is 6.30. The molecule has 0 saturated carbocycles. The molecule has 0 aliphatic carbocycles. The third-order valence-corrected chi connectivity index (χ3v) is 5.87. The molecule has 0 radical (unpaired) electrons. The van der Waals surface area contributed by atoms with Crippen molar-refractivity contribution >= 4 is 40.1 Å². The van der Waals surface area contributed by atoms with Crippen molar-refractivity contribution in [1.82, 2.24) is 19.8 Å². The molecule has 0 atom stereocenters. The standard InChI is InChI=1S/C23H24ClN5O4/c1-13-10-28(11-13)19(30)12-29-21-16(20(33-2)18(25)9-26-21)7-17(23(29)32)22(31)27-8-14-3-5-15(24)6-4-14/h3-7,9,13H,8,10-12,25H2,1-2H3,(H,27,31). The number of nitrogens with zero attached hydrogens (tertiary/aromatic N) is 3. The molecule has 3 N–H and O–H groups in total. The van der Waals surface area contributed by atoms with Gasteiger partial charge in [0.15, 0.2) is 5.75 Å². The van der Waals surface area contributed by atoms with Crippen LogP contribution in [0.5, 0.6) is 5.75 Å². The number of aromatic nitrogens is 2. The number of hydrogen-bond donors (Lipinski definition) is 2. The minimum absolute atomic E-state index is 0.132. The van der Waals surface area contributed by atoms with Gasteiger partial charge in [0.05, 0.1) is 24.4 Å². The number of nitrogen functional groups attached to an aromatic ring is 1. The van der Waals surface area contributed by atoms with Crippen LogP contribution in [0.4, 0.5) is 5.69 Å². The van der Waals surface area contributed by atoms with Crippen LogP contribution in [0.3, 0.4) is 0 Å². The molecule has 3 aromatic rings. The van der Waals surface area contributed by atoms with E-state index in [9.17, 15) is 14.4 Å². The Morgan fingerprint density at radius 3 is 2.61 bits per heavy atom. The average molecular weight is 470 g/mol. The Hall–Kier alpha value is -3.59. The summed E-state index contributed by atoms with van der Waals surface area (Å²) in [5, 5.41) is 3.70. The Morgan fingerprint density at radius 1 is 1.27 bits per heavy atom. The van der Waals surface area contributed by atoms with E-state index in [0.29, 0.717) is 29.4 Å². The summed E-state index contributed by atoms with van der Waals surface area (Å²) in [5.41, 5.74) is 6.54. The first kappa shape index (κ1) is 22.6. The summed E-state index contributed by atoms with van der Waals surface area (Å²) in [4.78, 5) is 45.0. The number of halogens is 1. The molecule has 9 nitrogen and oxygen atoms in total. The lowest BCUT2D eigenvalue weighted by molar-refractivity contribution is -0.137. The van der Waals surface area contributed by atoms with Crippen molar-refractivity contribution in [3.63, 3.8) is 0 Å². The summed E-state index contributed by atoms with van der Waals surface area (Å²) in [6.45, 7) is 3.28. The van der Waals surface area contributed by atoms with E-state index < -0.39 is 11.5 Å². The summed E-state index contributed by atoms with van der Waals surface area (Å²) in [6.07, 6.45) is 1.37. The van der Waals surface area contributed by atoms with Gasteiger partial charge < -0.3 is 20.7 Å². The smallest absolute Gasteiger partial charge is 0.265 e. The van der Waals surface area contributed by atoms with Gasteiger partial charge in [-0.3, -0.25) is 19.0 Å². The number of benzene rings is 1. The third-order valence-electron chi connectivity index (χ3n) is 5.62. The van der Waals surface area contributed by atoms with Gasteiger partial charge in [0, 0.05) is 24.7 Å². The summed E-state index contributed by atoms with van der Waals surface area (Å²) in [6, 6.07) is 8.40. The zero-order chi connectivity index (χ0) is 23.7. The van der Waals surface area contributed by atoms with Crippen LogP contribution in [-0.2, 0) is 17.9 Å². The largest absolute Gasteiger partial charge is 0.494 e. The van der Waals surface area contributed by atoms with Gasteiger partial charge in [0.2, 0.25) is 5.91 Å². The van der Waals surface area contributed by atoms with Crippen LogP contribution in [0, 0.1) is 5.92 Å². The molecule has 172 valence electrons. The maximum atomic E-state index is 13.3. The minimum atomic E-state index is -0.614. The van der Waals surface area contributed by atoms with E-state index in [0.717, 1.165) is 5.56 Å². The van der Waals surface area contributed by atoms with Gasteiger partial charge in [0.1, 0.15) is 17.8 Å². The average Bonchev–Trinajstić information content (AvgIpc) is 2.77. The summed E-state index contributed by atoms with van der Waals surface area (Å²) < 4.78 is 6.62. The van der Waals surface area contributed by atoms with Gasteiger partial charge in [-0.25, -0.2) is 4.98 Å². The molecule has 3 heterocycles. The molecule has 1 saturated heterocycles. The number of pyridine rings is 2. The fraction of sp³-hybridized carbons (Fsp3) is 0.304. The van der Waals surface area contributed by atoms with E-state index in [1.807, 2.05) is 6.92 Å². The van der Waals surface area contributed by atoms with Gasteiger partial charge in [-0.1, -0.05) is 30.7 Å². The maximum Gasteiger partial charge on any atom is 0.265 e. The summed E-state index contributed by atoms with van der Waals surface area (Å²) in [5.74, 6) is -0.0937. The molecule has 2 amide bonds. The number of methoxy groups -OCH3 is 1. The number of anilines is 1. The van der Waals surface area contributed by atoms with Gasteiger partial charge in [-0.05, 0) is 29.7 Å². The normalized spacial score (nSPS) is 13.6. The molecule has 1 aliphatic heterocycles. The number of amides is 2. The number of nitrogens with one attached hydrogen (secondary N) is 1. The lowest BCUT2D eigenvalue weighted by Crippen LogP contribution is -2.50. The fourth-order valence-corrected chi connectivity index (χ4v) is 3.99. The van der Waals surface area contributed by atoms with E-state index in [1.165, 1.54) is 23.9 Å². The number of nitrogens with two attached hydrogens (primary N) is 1. The van der Waals surface area contributed by atoms with Crippen molar-refractivity contribution in [2.45, 2.75) is 20.0 Å². The van der Waals surface area contributed by atoms with Crippen LogP contribution >= 0.6 is 11.6 Å². The molecule has 10 heteroatoms. The van der Waals surface area contributed by atoms with E-state index in [2.05, 4.69) is 10.3 Å². The van der Waals surface area contributed by atoms with Crippen molar-refractivity contribution in [2.75, 3.05) is 25.9 Å². The molecule has 1 fully saturated rings. The predicted octanol–water partition coefficient (Wildman–Crippen LogP) is 2.05. The molecule has 0 bridgehead atoms. The Bertz CT molecular complexity index is 1280. The molecule has 0 unspecified atom stereocenters.